The molecule has 2 amide bonds. The lowest BCUT2D eigenvalue weighted by Gasteiger charge is -2.47. The molecule has 216 valence electrons. The maximum absolute atomic E-state index is 14.3. The van der Waals surface area contributed by atoms with Gasteiger partial charge in [-0.2, -0.15) is 5.21 Å². The number of carbonyl (C=O) groups is 2. The summed E-state index contributed by atoms with van der Waals surface area (Å²) in [5.74, 6) is 0.194. The SMILES string of the molecule is CCCC[C@H](c1ccc(C(=O)NCc2nn[nH]n2)cc1)N1C(=O)C(c2ccc(F)c(Cl)c2)=NC12CC(C)CC(C)C2. The Morgan fingerprint density at radius 2 is 1.93 bits per heavy atom. The van der Waals surface area contributed by atoms with Gasteiger partial charge in [0.1, 0.15) is 17.2 Å². The Bertz CT molecular complexity index is 1420. The highest BCUT2D eigenvalue weighted by molar-refractivity contribution is 6.47. The number of hydrogen-bond acceptors (Lipinski definition) is 6. The molecule has 5 rings (SSSR count). The number of H-pyrrole nitrogens is 1. The van der Waals surface area contributed by atoms with Crippen LogP contribution in [0.3, 0.4) is 0 Å². The van der Waals surface area contributed by atoms with E-state index in [0.717, 1.165) is 44.1 Å². The first-order chi connectivity index (χ1) is 19.7. The van der Waals surface area contributed by atoms with Crippen LogP contribution in [0.4, 0.5) is 4.39 Å². The number of aliphatic imine (C=N–C) groups is 1. The maximum atomic E-state index is 14.3. The molecule has 1 saturated carbocycles. The van der Waals surface area contributed by atoms with Crippen molar-refractivity contribution in [2.45, 2.75) is 77.5 Å². The molecular formula is C30H35ClFN7O2. The van der Waals surface area contributed by atoms with Crippen LogP contribution in [0.2, 0.25) is 5.02 Å². The third kappa shape index (κ3) is 6.02. The number of rotatable bonds is 9. The van der Waals surface area contributed by atoms with Crippen LogP contribution in [-0.2, 0) is 11.3 Å². The van der Waals surface area contributed by atoms with Gasteiger partial charge in [-0.05, 0) is 73.4 Å². The summed E-state index contributed by atoms with van der Waals surface area (Å²) in [4.78, 5) is 34.2. The van der Waals surface area contributed by atoms with E-state index in [0.29, 0.717) is 34.5 Å². The van der Waals surface area contributed by atoms with E-state index >= 15 is 0 Å². The summed E-state index contributed by atoms with van der Waals surface area (Å²) in [5, 5.41) is 16.3. The Hall–Kier alpha value is -3.66. The Morgan fingerprint density at radius 1 is 1.20 bits per heavy atom. The second-order valence-electron chi connectivity index (χ2n) is 11.4. The number of aromatic nitrogens is 4. The van der Waals surface area contributed by atoms with Crippen molar-refractivity contribution in [3.8, 4) is 0 Å². The van der Waals surface area contributed by atoms with Crippen LogP contribution in [-0.4, -0.2) is 48.7 Å². The van der Waals surface area contributed by atoms with Crippen molar-refractivity contribution in [1.29, 1.82) is 0 Å². The van der Waals surface area contributed by atoms with E-state index < -0.39 is 11.5 Å². The van der Waals surface area contributed by atoms with Gasteiger partial charge >= 0.3 is 0 Å². The second kappa shape index (κ2) is 12.1. The van der Waals surface area contributed by atoms with Crippen LogP contribution < -0.4 is 5.32 Å². The van der Waals surface area contributed by atoms with Gasteiger partial charge in [-0.3, -0.25) is 14.6 Å². The minimum Gasteiger partial charge on any atom is -0.345 e. The van der Waals surface area contributed by atoms with E-state index in [4.69, 9.17) is 16.6 Å². The number of tetrazole rings is 1. The Labute approximate surface area is 244 Å². The molecule has 0 bridgehead atoms. The van der Waals surface area contributed by atoms with Crippen LogP contribution >= 0.6 is 11.6 Å². The lowest BCUT2D eigenvalue weighted by Crippen LogP contribution is -2.52. The van der Waals surface area contributed by atoms with E-state index in [1.807, 2.05) is 17.0 Å². The highest BCUT2D eigenvalue weighted by atomic mass is 35.5. The fraction of sp³-hybridized carbons (Fsp3) is 0.467. The van der Waals surface area contributed by atoms with E-state index in [2.05, 4.69) is 46.7 Å². The standard InChI is InChI=1S/C30H35ClFN7O2/c1-4-5-6-25(20-7-9-21(10-8-20)28(40)33-17-26-35-37-38-36-26)39-29(41)27(22-11-12-24(32)23(31)14-22)34-30(39)15-18(2)13-19(3)16-30/h7-12,14,18-19,25H,4-6,13,15-17H2,1-3H3,(H,33,40)(H,35,36,37,38)/t18?,19?,25-,30?/m1/s1. The van der Waals surface area contributed by atoms with Gasteiger partial charge in [-0.1, -0.05) is 62.6 Å². The topological polar surface area (TPSA) is 116 Å². The lowest BCUT2D eigenvalue weighted by atomic mass is 9.75. The molecule has 1 aliphatic carbocycles. The van der Waals surface area contributed by atoms with Crippen molar-refractivity contribution in [3.05, 3.63) is 75.8 Å². The van der Waals surface area contributed by atoms with Gasteiger partial charge in [0.25, 0.3) is 11.8 Å². The minimum atomic E-state index is -0.705. The van der Waals surface area contributed by atoms with Crippen LogP contribution in [0.15, 0.2) is 47.5 Å². The number of nitrogens with one attached hydrogen (secondary N) is 2. The summed E-state index contributed by atoms with van der Waals surface area (Å²) >= 11 is 6.12. The molecule has 2 N–H and O–H groups in total. The number of benzene rings is 2. The number of halogens is 2. The van der Waals surface area contributed by atoms with Crippen LogP contribution in [0.1, 0.15) is 92.6 Å². The first-order valence-electron chi connectivity index (χ1n) is 14.2. The smallest absolute Gasteiger partial charge is 0.275 e. The van der Waals surface area contributed by atoms with Crippen molar-refractivity contribution in [3.63, 3.8) is 0 Å². The summed E-state index contributed by atoms with van der Waals surface area (Å²) in [7, 11) is 0. The van der Waals surface area contributed by atoms with Crippen molar-refractivity contribution >= 4 is 29.1 Å². The van der Waals surface area contributed by atoms with Crippen molar-refractivity contribution < 1.29 is 14.0 Å². The number of hydrogen-bond donors (Lipinski definition) is 2. The molecule has 2 unspecified atom stereocenters. The van der Waals surface area contributed by atoms with Crippen molar-refractivity contribution in [1.82, 2.24) is 30.8 Å². The van der Waals surface area contributed by atoms with E-state index in [1.165, 1.54) is 12.1 Å². The molecule has 2 heterocycles. The summed E-state index contributed by atoms with van der Waals surface area (Å²) in [6.07, 6.45) is 5.21. The lowest BCUT2D eigenvalue weighted by molar-refractivity contribution is -0.134. The number of unbranched alkanes of at least 4 members (excludes halogenated alkanes) is 1. The number of carbonyl (C=O) groups excluding carboxylic acids is 2. The zero-order valence-electron chi connectivity index (χ0n) is 23.5. The summed E-state index contributed by atoms with van der Waals surface area (Å²) in [6, 6.07) is 11.5. The van der Waals surface area contributed by atoms with Gasteiger partial charge in [0.15, 0.2) is 5.82 Å². The average Bonchev–Trinajstić information content (AvgIpc) is 3.56. The summed E-state index contributed by atoms with van der Waals surface area (Å²) in [5.41, 5.74) is 1.58. The monoisotopic (exact) mass is 579 g/mol. The average molecular weight is 580 g/mol. The zero-order valence-corrected chi connectivity index (χ0v) is 24.3. The molecule has 0 radical (unpaired) electrons. The first-order valence-corrected chi connectivity index (χ1v) is 14.6. The zero-order chi connectivity index (χ0) is 29.1. The van der Waals surface area contributed by atoms with Gasteiger partial charge < -0.3 is 10.2 Å². The van der Waals surface area contributed by atoms with Gasteiger partial charge in [0.2, 0.25) is 0 Å². The molecule has 1 spiro atoms. The third-order valence-electron chi connectivity index (χ3n) is 8.03. The quantitative estimate of drug-likeness (QED) is 0.340. The largest absolute Gasteiger partial charge is 0.345 e. The molecule has 1 aromatic heterocycles. The van der Waals surface area contributed by atoms with Crippen LogP contribution in [0.5, 0.6) is 0 Å². The molecule has 9 nitrogen and oxygen atoms in total. The molecular weight excluding hydrogens is 545 g/mol. The fourth-order valence-corrected chi connectivity index (χ4v) is 6.62. The molecule has 1 fully saturated rings. The molecule has 2 aromatic carbocycles. The van der Waals surface area contributed by atoms with Crippen molar-refractivity contribution in [2.24, 2.45) is 16.8 Å². The normalized spacial score (nSPS) is 23.1. The highest BCUT2D eigenvalue weighted by Gasteiger charge is 2.53. The summed E-state index contributed by atoms with van der Waals surface area (Å²) < 4.78 is 14.0. The maximum Gasteiger partial charge on any atom is 0.275 e. The third-order valence-corrected chi connectivity index (χ3v) is 8.32. The first kappa shape index (κ1) is 28.9. The molecule has 11 heteroatoms. The van der Waals surface area contributed by atoms with Crippen molar-refractivity contribution in [2.75, 3.05) is 0 Å². The molecule has 2 aliphatic rings. The number of amides is 2. The summed E-state index contributed by atoms with van der Waals surface area (Å²) in [6.45, 7) is 6.71. The Morgan fingerprint density at radius 3 is 2.56 bits per heavy atom. The van der Waals surface area contributed by atoms with Crippen LogP contribution in [0, 0.1) is 17.7 Å². The predicted molar refractivity (Wildman–Crippen MR) is 154 cm³/mol. The van der Waals surface area contributed by atoms with Gasteiger partial charge in [-0.15, -0.1) is 10.2 Å². The number of aromatic amines is 1. The minimum absolute atomic E-state index is 0.0355. The molecule has 41 heavy (non-hydrogen) atoms. The highest BCUT2D eigenvalue weighted by Crippen LogP contribution is 2.48. The molecule has 0 saturated heterocycles. The van der Waals surface area contributed by atoms with Gasteiger partial charge in [-0.25, -0.2) is 4.39 Å². The Kier molecular flexibility index (Phi) is 8.49. The molecule has 3 aromatic rings. The Balaban J connectivity index is 1.49. The molecule has 3 atom stereocenters. The second-order valence-corrected chi connectivity index (χ2v) is 11.8. The van der Waals surface area contributed by atoms with Crippen LogP contribution in [0.25, 0.3) is 0 Å². The predicted octanol–water partition coefficient (Wildman–Crippen LogP) is 5.64. The number of nitrogens with zero attached hydrogens (tertiary/aromatic N) is 5. The van der Waals surface area contributed by atoms with E-state index in [1.54, 1.807) is 18.2 Å². The van der Waals surface area contributed by atoms with Gasteiger partial charge in [0.05, 0.1) is 17.6 Å². The van der Waals surface area contributed by atoms with E-state index in [9.17, 15) is 14.0 Å². The van der Waals surface area contributed by atoms with E-state index in [-0.39, 0.29) is 29.4 Å². The fourth-order valence-electron chi connectivity index (χ4n) is 6.43. The van der Waals surface area contributed by atoms with Gasteiger partial charge in [0, 0.05) is 11.1 Å². The molecule has 1 aliphatic heterocycles.